The lowest BCUT2D eigenvalue weighted by atomic mass is 9.91. The van der Waals surface area contributed by atoms with Crippen LogP contribution in [0.4, 0.5) is 58.4 Å². The van der Waals surface area contributed by atoms with Gasteiger partial charge in [0.15, 0.2) is 11.5 Å². The Morgan fingerprint density at radius 3 is 1.91 bits per heavy atom. The van der Waals surface area contributed by atoms with E-state index in [0.29, 0.717) is 12.1 Å². The Hall–Kier alpha value is -3.96. The van der Waals surface area contributed by atoms with Gasteiger partial charge in [-0.05, 0) is 48.5 Å². The lowest BCUT2D eigenvalue weighted by Gasteiger charge is -2.31. The van der Waals surface area contributed by atoms with E-state index in [9.17, 15) is 62.3 Å². The van der Waals surface area contributed by atoms with Crippen molar-refractivity contribution in [1.29, 1.82) is 0 Å². The van der Waals surface area contributed by atoms with Gasteiger partial charge in [0, 0.05) is 27.6 Å². The third-order valence-corrected chi connectivity index (χ3v) is 6.84. The van der Waals surface area contributed by atoms with Crippen LogP contribution in [-0.2, 0) is 18.3 Å². The summed E-state index contributed by atoms with van der Waals surface area (Å²) < 4.78 is 167. The molecule has 45 heavy (non-hydrogen) atoms. The molecular formula is C27H16BrF12NO4. The number of Topliss-reactive ketones (excluding diaryl/α,β-unsaturated/α-hetero) is 1. The summed E-state index contributed by atoms with van der Waals surface area (Å²) in [4.78, 5) is 25.9. The van der Waals surface area contributed by atoms with Crippen LogP contribution in [0.15, 0.2) is 59.1 Å². The number of ketones is 1. The molecule has 1 amide bonds. The van der Waals surface area contributed by atoms with Crippen molar-refractivity contribution in [3.05, 3.63) is 86.9 Å². The number of ether oxygens (including phenoxy) is 2. The van der Waals surface area contributed by atoms with Gasteiger partial charge < -0.3 is 14.8 Å². The molecule has 0 aliphatic heterocycles. The van der Waals surface area contributed by atoms with Crippen molar-refractivity contribution in [1.82, 2.24) is 0 Å². The summed E-state index contributed by atoms with van der Waals surface area (Å²) in [5.41, 5.74) is -10.7. The van der Waals surface area contributed by atoms with Crippen molar-refractivity contribution in [3.63, 3.8) is 0 Å². The maximum atomic E-state index is 14.7. The number of amides is 1. The molecule has 0 fully saturated rings. The van der Waals surface area contributed by atoms with E-state index in [4.69, 9.17) is 4.74 Å². The van der Waals surface area contributed by atoms with Crippen LogP contribution in [0.2, 0.25) is 0 Å². The second kappa shape index (κ2) is 12.8. The van der Waals surface area contributed by atoms with Gasteiger partial charge in [0.2, 0.25) is 0 Å². The fraction of sp³-hybridized carbons (Fsp3) is 0.259. The lowest BCUT2D eigenvalue weighted by Crippen LogP contribution is -2.50. The molecule has 0 aliphatic rings. The minimum Gasteiger partial charge on any atom is -0.494 e. The number of hydrogen-bond donors (Lipinski definition) is 1. The Labute approximate surface area is 253 Å². The Morgan fingerprint density at radius 1 is 0.844 bits per heavy atom. The zero-order valence-corrected chi connectivity index (χ0v) is 23.6. The van der Waals surface area contributed by atoms with Crippen molar-refractivity contribution in [2.24, 2.45) is 0 Å². The van der Waals surface area contributed by atoms with Gasteiger partial charge in [0.1, 0.15) is 5.75 Å². The number of nitrogens with one attached hydrogen (secondary N) is 1. The molecule has 0 unspecified atom stereocenters. The fourth-order valence-electron chi connectivity index (χ4n) is 4.01. The summed E-state index contributed by atoms with van der Waals surface area (Å²) in [6.45, 7) is -3.83. The van der Waals surface area contributed by atoms with Crippen LogP contribution >= 0.6 is 15.9 Å². The predicted molar refractivity (Wildman–Crippen MR) is 136 cm³/mol. The first-order chi connectivity index (χ1) is 20.6. The fourth-order valence-corrected chi connectivity index (χ4v) is 4.59. The number of halogens is 13. The number of anilines is 1. The summed E-state index contributed by atoms with van der Waals surface area (Å²) in [5.74, 6) is -3.74. The number of alkyl halides is 12. The van der Waals surface area contributed by atoms with Gasteiger partial charge in [-0.25, -0.2) is 4.39 Å². The molecule has 244 valence electrons. The summed E-state index contributed by atoms with van der Waals surface area (Å²) in [6, 6.07) is 6.29. The van der Waals surface area contributed by atoms with Crippen LogP contribution < -0.4 is 14.8 Å². The molecule has 3 aromatic rings. The highest BCUT2D eigenvalue weighted by Gasteiger charge is 2.73. The number of carbonyl (C=O) groups excluding carboxylic acids is 2. The van der Waals surface area contributed by atoms with Crippen LogP contribution in [-0.4, -0.2) is 37.8 Å². The number of carbonyl (C=O) groups is 2. The SMILES string of the molecule is COc1c(NC(=O)c2ccc(C(F)(F)F)cc2)cccc1C(=O)Cc1c(Br)cc(C(F)(C(F)(F)F)C(F)(F)F)cc1OC(F)F. The van der Waals surface area contributed by atoms with Gasteiger partial charge in [0.05, 0.1) is 23.9 Å². The quantitative estimate of drug-likeness (QED) is 0.177. The zero-order chi connectivity index (χ0) is 34.1. The van der Waals surface area contributed by atoms with Gasteiger partial charge in [-0.3, -0.25) is 9.59 Å². The molecule has 0 radical (unpaired) electrons. The Balaban J connectivity index is 2.01. The zero-order valence-electron chi connectivity index (χ0n) is 22.0. The van der Waals surface area contributed by atoms with Crippen molar-refractivity contribution in [3.8, 4) is 11.5 Å². The van der Waals surface area contributed by atoms with Crippen molar-refractivity contribution >= 4 is 33.3 Å². The standard InChI is InChI=1S/C27H16BrF12NO4/c1-44-21-15(3-2-4-18(21)41-22(43)12-5-7-13(8-6-12)25(32,33)34)19(42)11-16-17(28)9-14(10-20(16)45-23(29)30)24(31,26(35,36)37)27(38,39)40/h2-10,23H,11H2,1H3,(H,41,43). The number of benzene rings is 3. The molecule has 3 aromatic carbocycles. The monoisotopic (exact) mass is 725 g/mol. The number of para-hydroxylation sites is 1. The largest absolute Gasteiger partial charge is 0.494 e. The molecule has 3 rings (SSSR count). The lowest BCUT2D eigenvalue weighted by molar-refractivity contribution is -0.348. The first-order valence-electron chi connectivity index (χ1n) is 11.9. The molecule has 0 aromatic heterocycles. The minimum absolute atomic E-state index is 0.0137. The molecule has 0 spiro atoms. The maximum absolute atomic E-state index is 14.7. The van der Waals surface area contributed by atoms with E-state index in [1.54, 1.807) is 0 Å². The first-order valence-corrected chi connectivity index (χ1v) is 12.7. The highest BCUT2D eigenvalue weighted by molar-refractivity contribution is 9.10. The molecule has 1 N–H and O–H groups in total. The van der Waals surface area contributed by atoms with E-state index < -0.39 is 75.8 Å². The first kappa shape index (κ1) is 35.5. The van der Waals surface area contributed by atoms with Crippen LogP contribution in [0.25, 0.3) is 0 Å². The Kier molecular flexibility index (Phi) is 10.1. The molecule has 0 heterocycles. The third-order valence-electron chi connectivity index (χ3n) is 6.13. The van der Waals surface area contributed by atoms with E-state index >= 15 is 0 Å². The molecule has 18 heteroatoms. The Bertz CT molecular complexity index is 1550. The normalized spacial score (nSPS) is 12.7. The second-order valence-corrected chi connectivity index (χ2v) is 9.84. The second-order valence-electron chi connectivity index (χ2n) is 8.98. The summed E-state index contributed by atoms with van der Waals surface area (Å²) in [7, 11) is 1.03. The molecule has 0 atom stereocenters. The third kappa shape index (κ3) is 7.48. The highest BCUT2D eigenvalue weighted by atomic mass is 79.9. The van der Waals surface area contributed by atoms with E-state index in [-0.39, 0.29) is 34.7 Å². The average molecular weight is 726 g/mol. The van der Waals surface area contributed by atoms with Crippen molar-refractivity contribution in [2.45, 2.75) is 37.2 Å². The number of methoxy groups -OCH3 is 1. The van der Waals surface area contributed by atoms with Gasteiger partial charge in [-0.1, -0.05) is 22.0 Å². The summed E-state index contributed by atoms with van der Waals surface area (Å²) in [6.07, 6.45) is -18.9. The molecule has 0 aliphatic carbocycles. The van der Waals surface area contributed by atoms with Gasteiger partial charge in [0.25, 0.3) is 5.91 Å². The van der Waals surface area contributed by atoms with E-state index in [0.717, 1.165) is 25.3 Å². The molecule has 0 saturated heterocycles. The number of rotatable bonds is 9. The van der Waals surface area contributed by atoms with Gasteiger partial charge in [-0.15, -0.1) is 0 Å². The average Bonchev–Trinajstić information content (AvgIpc) is 2.92. The Morgan fingerprint density at radius 2 is 1.42 bits per heavy atom. The summed E-state index contributed by atoms with van der Waals surface area (Å²) in [5, 5.41) is 2.31. The topological polar surface area (TPSA) is 64.6 Å². The van der Waals surface area contributed by atoms with Gasteiger partial charge >= 0.3 is 30.8 Å². The minimum atomic E-state index is -6.58. The highest BCUT2D eigenvalue weighted by Crippen LogP contribution is 2.54. The summed E-state index contributed by atoms with van der Waals surface area (Å²) >= 11 is 2.60. The van der Waals surface area contributed by atoms with Crippen molar-refractivity contribution < 1.29 is 71.7 Å². The van der Waals surface area contributed by atoms with Crippen molar-refractivity contribution in [2.75, 3.05) is 12.4 Å². The van der Waals surface area contributed by atoms with E-state index in [2.05, 4.69) is 26.0 Å². The predicted octanol–water partition coefficient (Wildman–Crippen LogP) is 9.04. The van der Waals surface area contributed by atoms with Crippen LogP contribution in [0, 0.1) is 0 Å². The molecule has 0 bridgehead atoms. The number of hydrogen-bond acceptors (Lipinski definition) is 4. The maximum Gasteiger partial charge on any atom is 0.435 e. The van der Waals surface area contributed by atoms with Gasteiger partial charge in [-0.2, -0.15) is 48.3 Å². The molecule has 0 saturated carbocycles. The van der Waals surface area contributed by atoms with E-state index in [1.807, 2.05) is 0 Å². The van der Waals surface area contributed by atoms with Crippen LogP contribution in [0.5, 0.6) is 11.5 Å². The molecule has 5 nitrogen and oxygen atoms in total. The van der Waals surface area contributed by atoms with E-state index in [1.165, 1.54) is 12.1 Å². The van der Waals surface area contributed by atoms with Crippen LogP contribution in [0.1, 0.15) is 37.4 Å². The molecular weight excluding hydrogens is 710 g/mol. The smallest absolute Gasteiger partial charge is 0.435 e. The van der Waals surface area contributed by atoms with Crippen LogP contribution in [0.3, 0.4) is 0 Å².